The molecule has 7 heteroatoms. The molecule has 0 fully saturated rings. The second-order valence-corrected chi connectivity index (χ2v) is 9.71. The standard InChI is InChI=1S/C27H27Cl3N2O2/c1-18(2)31-27(34)25(14-19-6-4-3-5-7-19)32(17-20-8-11-22(28)12-9-20)26(33)15-21-10-13-23(29)16-24(21)30/h3-13,16,18,25H,14-15,17H2,1-2H3,(H,31,34)/t25-/m0/s1. The third-order valence-corrected chi connectivity index (χ3v) is 6.16. The van der Waals surface area contributed by atoms with Gasteiger partial charge in [-0.1, -0.05) is 83.3 Å². The Morgan fingerprint density at radius 3 is 2.12 bits per heavy atom. The van der Waals surface area contributed by atoms with E-state index in [-0.39, 0.29) is 30.8 Å². The fourth-order valence-corrected chi connectivity index (χ4v) is 4.25. The van der Waals surface area contributed by atoms with Crippen LogP contribution in [0.4, 0.5) is 0 Å². The molecule has 34 heavy (non-hydrogen) atoms. The summed E-state index contributed by atoms with van der Waals surface area (Å²) < 4.78 is 0. The second kappa shape index (κ2) is 12.3. The van der Waals surface area contributed by atoms with Crippen LogP contribution in [0.2, 0.25) is 15.1 Å². The molecule has 0 spiro atoms. The van der Waals surface area contributed by atoms with Gasteiger partial charge in [-0.3, -0.25) is 9.59 Å². The number of carbonyl (C=O) groups excluding carboxylic acids is 2. The molecule has 2 amide bonds. The molecule has 0 heterocycles. The lowest BCUT2D eigenvalue weighted by molar-refractivity contribution is -0.141. The van der Waals surface area contributed by atoms with Crippen molar-refractivity contribution >= 4 is 46.6 Å². The van der Waals surface area contributed by atoms with Crippen molar-refractivity contribution in [2.45, 2.75) is 45.3 Å². The second-order valence-electron chi connectivity index (χ2n) is 8.43. The highest BCUT2D eigenvalue weighted by Crippen LogP contribution is 2.24. The van der Waals surface area contributed by atoms with Crippen LogP contribution in [0, 0.1) is 0 Å². The van der Waals surface area contributed by atoms with Crippen molar-refractivity contribution in [3.63, 3.8) is 0 Å². The van der Waals surface area contributed by atoms with Crippen molar-refractivity contribution in [2.75, 3.05) is 0 Å². The molecule has 0 aliphatic rings. The number of rotatable bonds is 9. The maximum absolute atomic E-state index is 13.7. The van der Waals surface area contributed by atoms with Crippen LogP contribution in [-0.4, -0.2) is 28.8 Å². The van der Waals surface area contributed by atoms with E-state index in [2.05, 4.69) is 5.32 Å². The number of benzene rings is 3. The average molecular weight is 518 g/mol. The SMILES string of the molecule is CC(C)NC(=O)[C@H](Cc1ccccc1)N(Cc1ccc(Cl)cc1)C(=O)Cc1ccc(Cl)cc1Cl. The number of nitrogens with zero attached hydrogens (tertiary/aromatic N) is 1. The summed E-state index contributed by atoms with van der Waals surface area (Å²) in [5, 5.41) is 4.50. The lowest BCUT2D eigenvalue weighted by Gasteiger charge is -2.32. The Labute approximate surface area is 215 Å². The van der Waals surface area contributed by atoms with Crippen molar-refractivity contribution in [3.05, 3.63) is 105 Å². The molecule has 0 radical (unpaired) electrons. The molecule has 3 aromatic carbocycles. The van der Waals surface area contributed by atoms with Gasteiger partial charge in [0.25, 0.3) is 0 Å². The zero-order valence-corrected chi connectivity index (χ0v) is 21.4. The molecule has 0 saturated carbocycles. The molecule has 4 nitrogen and oxygen atoms in total. The van der Waals surface area contributed by atoms with Gasteiger partial charge >= 0.3 is 0 Å². The molecule has 0 aliphatic heterocycles. The highest BCUT2D eigenvalue weighted by atomic mass is 35.5. The van der Waals surface area contributed by atoms with Gasteiger partial charge in [0.05, 0.1) is 6.42 Å². The van der Waals surface area contributed by atoms with Crippen LogP contribution in [0.3, 0.4) is 0 Å². The van der Waals surface area contributed by atoms with Gasteiger partial charge in [0, 0.05) is 34.1 Å². The van der Waals surface area contributed by atoms with Crippen LogP contribution in [0.1, 0.15) is 30.5 Å². The third kappa shape index (κ3) is 7.49. The number of hydrogen-bond acceptors (Lipinski definition) is 2. The van der Waals surface area contributed by atoms with E-state index in [1.165, 1.54) is 0 Å². The quantitative estimate of drug-likeness (QED) is 0.359. The summed E-state index contributed by atoms with van der Waals surface area (Å²) in [4.78, 5) is 28.6. The van der Waals surface area contributed by atoms with Crippen molar-refractivity contribution in [3.8, 4) is 0 Å². The van der Waals surface area contributed by atoms with Crippen LogP contribution < -0.4 is 5.32 Å². The largest absolute Gasteiger partial charge is 0.352 e. The molecule has 0 unspecified atom stereocenters. The first kappa shape index (κ1) is 26.1. The first-order valence-electron chi connectivity index (χ1n) is 11.0. The number of amides is 2. The van der Waals surface area contributed by atoms with Crippen LogP contribution in [0.15, 0.2) is 72.8 Å². The summed E-state index contributed by atoms with van der Waals surface area (Å²) in [6.07, 6.45) is 0.427. The Bertz CT molecular complexity index is 1120. The molecule has 3 aromatic rings. The number of halogens is 3. The molecule has 178 valence electrons. The molecule has 0 aromatic heterocycles. The first-order chi connectivity index (χ1) is 16.2. The van der Waals surface area contributed by atoms with E-state index in [0.29, 0.717) is 27.1 Å². The lowest BCUT2D eigenvalue weighted by Crippen LogP contribution is -2.52. The normalized spacial score (nSPS) is 11.8. The molecule has 0 bridgehead atoms. The summed E-state index contributed by atoms with van der Waals surface area (Å²) in [6.45, 7) is 4.05. The van der Waals surface area contributed by atoms with Gasteiger partial charge < -0.3 is 10.2 Å². The number of hydrogen-bond donors (Lipinski definition) is 1. The van der Waals surface area contributed by atoms with E-state index >= 15 is 0 Å². The predicted molar refractivity (Wildman–Crippen MR) is 139 cm³/mol. The van der Waals surface area contributed by atoms with Crippen LogP contribution in [0.25, 0.3) is 0 Å². The molecule has 0 saturated heterocycles. The zero-order valence-electron chi connectivity index (χ0n) is 19.1. The molecular weight excluding hydrogens is 491 g/mol. The highest BCUT2D eigenvalue weighted by molar-refractivity contribution is 6.35. The monoisotopic (exact) mass is 516 g/mol. The van der Waals surface area contributed by atoms with E-state index in [4.69, 9.17) is 34.8 Å². The van der Waals surface area contributed by atoms with Gasteiger partial charge in [0.1, 0.15) is 6.04 Å². The van der Waals surface area contributed by atoms with Crippen molar-refractivity contribution in [1.82, 2.24) is 10.2 Å². The Morgan fingerprint density at radius 1 is 0.853 bits per heavy atom. The van der Waals surface area contributed by atoms with Crippen molar-refractivity contribution in [1.29, 1.82) is 0 Å². The minimum atomic E-state index is -0.709. The zero-order chi connectivity index (χ0) is 24.7. The van der Waals surface area contributed by atoms with E-state index in [1.54, 1.807) is 35.2 Å². The first-order valence-corrected chi connectivity index (χ1v) is 12.2. The topological polar surface area (TPSA) is 49.4 Å². The van der Waals surface area contributed by atoms with Crippen LogP contribution in [-0.2, 0) is 29.0 Å². The predicted octanol–water partition coefficient (Wildman–Crippen LogP) is 6.35. The van der Waals surface area contributed by atoms with Crippen LogP contribution in [0.5, 0.6) is 0 Å². The summed E-state index contributed by atoms with van der Waals surface area (Å²) in [5.41, 5.74) is 2.49. The van der Waals surface area contributed by atoms with E-state index in [9.17, 15) is 9.59 Å². The molecule has 1 N–H and O–H groups in total. The van der Waals surface area contributed by atoms with Gasteiger partial charge in [0.15, 0.2) is 0 Å². The highest BCUT2D eigenvalue weighted by Gasteiger charge is 2.31. The maximum atomic E-state index is 13.7. The summed E-state index contributed by atoms with van der Waals surface area (Å²) in [5.74, 6) is -0.414. The third-order valence-electron chi connectivity index (χ3n) is 5.32. The molecule has 0 aliphatic carbocycles. The maximum Gasteiger partial charge on any atom is 0.243 e. The fourth-order valence-electron chi connectivity index (χ4n) is 3.65. The Kier molecular flexibility index (Phi) is 9.40. The van der Waals surface area contributed by atoms with Gasteiger partial charge in [-0.15, -0.1) is 0 Å². The average Bonchev–Trinajstić information content (AvgIpc) is 2.79. The van der Waals surface area contributed by atoms with Gasteiger partial charge in [-0.2, -0.15) is 0 Å². The minimum Gasteiger partial charge on any atom is -0.352 e. The van der Waals surface area contributed by atoms with Crippen LogP contribution >= 0.6 is 34.8 Å². The van der Waals surface area contributed by atoms with E-state index in [0.717, 1.165) is 11.1 Å². The number of nitrogens with one attached hydrogen (secondary N) is 1. The van der Waals surface area contributed by atoms with Gasteiger partial charge in [-0.25, -0.2) is 0 Å². The Morgan fingerprint density at radius 2 is 1.50 bits per heavy atom. The molecular formula is C27H27Cl3N2O2. The lowest BCUT2D eigenvalue weighted by atomic mass is 10.0. The summed E-state index contributed by atoms with van der Waals surface area (Å²) >= 11 is 18.4. The smallest absolute Gasteiger partial charge is 0.243 e. The number of carbonyl (C=O) groups is 2. The van der Waals surface area contributed by atoms with Gasteiger partial charge in [0.2, 0.25) is 11.8 Å². The minimum absolute atomic E-state index is 0.0455. The Hall–Kier alpha value is -2.53. The fraction of sp³-hybridized carbons (Fsp3) is 0.259. The van der Waals surface area contributed by atoms with Crippen molar-refractivity contribution in [2.24, 2.45) is 0 Å². The van der Waals surface area contributed by atoms with E-state index < -0.39 is 6.04 Å². The van der Waals surface area contributed by atoms with E-state index in [1.807, 2.05) is 56.3 Å². The Balaban J connectivity index is 1.98. The van der Waals surface area contributed by atoms with Crippen molar-refractivity contribution < 1.29 is 9.59 Å². The summed E-state index contributed by atoms with van der Waals surface area (Å²) in [6, 6.07) is 21.2. The molecule has 3 rings (SSSR count). The summed E-state index contributed by atoms with van der Waals surface area (Å²) in [7, 11) is 0. The molecule has 1 atom stereocenters. The van der Waals surface area contributed by atoms with Gasteiger partial charge in [-0.05, 0) is 54.8 Å².